The van der Waals surface area contributed by atoms with Gasteiger partial charge in [0.25, 0.3) is 5.91 Å². The van der Waals surface area contributed by atoms with E-state index in [1.807, 2.05) is 42.5 Å². The molecule has 1 N–H and O–H groups in total. The third kappa shape index (κ3) is 4.03. The second-order valence-electron chi connectivity index (χ2n) is 7.86. The van der Waals surface area contributed by atoms with Crippen molar-refractivity contribution >= 4 is 33.3 Å². The van der Waals surface area contributed by atoms with Crippen molar-refractivity contribution in [1.82, 2.24) is 15.3 Å². The van der Waals surface area contributed by atoms with Gasteiger partial charge in [-0.25, -0.2) is 9.97 Å². The molecule has 5 rings (SSSR count). The average molecular weight is 445 g/mol. The normalized spacial score (nSPS) is 14.5. The quantitative estimate of drug-likeness (QED) is 0.480. The third-order valence-corrected chi connectivity index (χ3v) is 6.80. The zero-order chi connectivity index (χ0) is 21.9. The lowest BCUT2D eigenvalue weighted by atomic mass is 10.0. The van der Waals surface area contributed by atoms with Crippen molar-refractivity contribution in [2.24, 2.45) is 0 Å². The van der Waals surface area contributed by atoms with E-state index in [9.17, 15) is 4.79 Å². The summed E-state index contributed by atoms with van der Waals surface area (Å²) in [5, 5.41) is 6.42. The molecule has 0 aliphatic carbocycles. The van der Waals surface area contributed by atoms with Gasteiger partial charge in [-0.3, -0.25) is 4.79 Å². The highest BCUT2D eigenvalue weighted by molar-refractivity contribution is 7.17. The summed E-state index contributed by atoms with van der Waals surface area (Å²) in [6.07, 6.45) is 3.41. The molecule has 2 aromatic carbocycles. The Balaban J connectivity index is 1.34. The summed E-state index contributed by atoms with van der Waals surface area (Å²) in [4.78, 5) is 25.0. The Hall–Kier alpha value is -3.45. The van der Waals surface area contributed by atoms with Crippen LogP contribution in [-0.2, 0) is 0 Å². The zero-order valence-electron chi connectivity index (χ0n) is 17.8. The smallest absolute Gasteiger partial charge is 0.251 e. The third-order valence-electron chi connectivity index (χ3n) is 5.92. The summed E-state index contributed by atoms with van der Waals surface area (Å²) in [7, 11) is 1.67. The minimum Gasteiger partial charge on any atom is -0.497 e. The molecule has 0 unspecified atom stereocenters. The molecule has 32 heavy (non-hydrogen) atoms. The fourth-order valence-electron chi connectivity index (χ4n) is 4.18. The lowest BCUT2D eigenvalue weighted by Gasteiger charge is -2.33. The number of thiophene rings is 1. The van der Waals surface area contributed by atoms with E-state index in [1.54, 1.807) is 24.8 Å². The fraction of sp³-hybridized carbons (Fsp3) is 0.240. The number of amides is 1. The number of ether oxygens (including phenoxy) is 1. The first-order chi connectivity index (χ1) is 15.7. The van der Waals surface area contributed by atoms with Crippen LogP contribution < -0.4 is 15.0 Å². The van der Waals surface area contributed by atoms with Crippen molar-refractivity contribution in [2.75, 3.05) is 25.1 Å². The van der Waals surface area contributed by atoms with Gasteiger partial charge in [0.1, 0.15) is 22.7 Å². The van der Waals surface area contributed by atoms with Crippen molar-refractivity contribution in [3.05, 3.63) is 71.9 Å². The Morgan fingerprint density at radius 1 is 1.06 bits per heavy atom. The number of benzene rings is 2. The van der Waals surface area contributed by atoms with Gasteiger partial charge < -0.3 is 15.0 Å². The van der Waals surface area contributed by atoms with E-state index in [1.165, 1.54) is 0 Å². The maximum absolute atomic E-state index is 12.5. The van der Waals surface area contributed by atoms with Gasteiger partial charge in [-0.05, 0) is 42.7 Å². The van der Waals surface area contributed by atoms with E-state index < -0.39 is 0 Å². The van der Waals surface area contributed by atoms with Crippen molar-refractivity contribution in [3.8, 4) is 16.9 Å². The number of aromatic nitrogens is 2. The van der Waals surface area contributed by atoms with Crippen LogP contribution in [0.4, 0.5) is 5.82 Å². The summed E-state index contributed by atoms with van der Waals surface area (Å²) < 4.78 is 5.30. The lowest BCUT2D eigenvalue weighted by Crippen LogP contribution is -2.45. The van der Waals surface area contributed by atoms with Crippen molar-refractivity contribution in [2.45, 2.75) is 18.9 Å². The number of rotatable bonds is 5. The molecule has 1 fully saturated rings. The Labute approximate surface area is 190 Å². The lowest BCUT2D eigenvalue weighted by molar-refractivity contribution is 0.0931. The second kappa shape index (κ2) is 8.96. The highest BCUT2D eigenvalue weighted by atomic mass is 32.1. The number of nitrogens with zero attached hydrogens (tertiary/aromatic N) is 3. The maximum Gasteiger partial charge on any atom is 0.251 e. The molecule has 0 bridgehead atoms. The van der Waals surface area contributed by atoms with Gasteiger partial charge in [0.2, 0.25) is 0 Å². The topological polar surface area (TPSA) is 67.4 Å². The number of carbonyl (C=O) groups excluding carboxylic acids is 1. The van der Waals surface area contributed by atoms with Gasteiger partial charge in [0, 0.05) is 35.6 Å². The summed E-state index contributed by atoms with van der Waals surface area (Å²) in [5.74, 6) is 1.80. The van der Waals surface area contributed by atoms with Gasteiger partial charge in [-0.1, -0.05) is 30.3 Å². The van der Waals surface area contributed by atoms with Crippen LogP contribution in [0, 0.1) is 0 Å². The molecule has 1 aliphatic heterocycles. The first-order valence-corrected chi connectivity index (χ1v) is 11.6. The SMILES string of the molecule is COc1ccc(-c2csc3ncnc(N4CCC(NC(=O)c5ccccc5)CC4)c23)cc1. The molecule has 0 radical (unpaired) electrons. The standard InChI is InChI=1S/C25H24N4O2S/c1-31-20-9-7-17(8-10-20)21-15-32-25-22(21)23(26-16-27-25)29-13-11-19(12-14-29)28-24(30)18-5-3-2-4-6-18/h2-10,15-16,19H,11-14H2,1H3,(H,28,30). The Kier molecular flexibility index (Phi) is 5.73. The average Bonchev–Trinajstić information content (AvgIpc) is 3.29. The van der Waals surface area contributed by atoms with Crippen LogP contribution in [0.1, 0.15) is 23.2 Å². The van der Waals surface area contributed by atoms with Gasteiger partial charge in [-0.2, -0.15) is 0 Å². The van der Waals surface area contributed by atoms with Crippen molar-refractivity contribution in [3.63, 3.8) is 0 Å². The van der Waals surface area contributed by atoms with E-state index in [0.717, 1.165) is 58.8 Å². The molecule has 3 heterocycles. The molecule has 1 aliphatic rings. The number of hydrogen-bond donors (Lipinski definition) is 1. The summed E-state index contributed by atoms with van der Waals surface area (Å²) >= 11 is 1.64. The van der Waals surface area contributed by atoms with E-state index in [0.29, 0.717) is 5.56 Å². The highest BCUT2D eigenvalue weighted by Gasteiger charge is 2.24. The van der Waals surface area contributed by atoms with Crippen molar-refractivity contribution < 1.29 is 9.53 Å². The maximum atomic E-state index is 12.5. The van der Waals surface area contributed by atoms with E-state index in [4.69, 9.17) is 4.74 Å². The van der Waals surface area contributed by atoms with Crippen LogP contribution in [0.2, 0.25) is 0 Å². The largest absolute Gasteiger partial charge is 0.497 e. The predicted molar refractivity (Wildman–Crippen MR) is 129 cm³/mol. The van der Waals surface area contributed by atoms with Crippen LogP contribution >= 0.6 is 11.3 Å². The van der Waals surface area contributed by atoms with E-state index in [2.05, 4.69) is 37.7 Å². The first-order valence-electron chi connectivity index (χ1n) is 10.7. The number of anilines is 1. The summed E-state index contributed by atoms with van der Waals surface area (Å²) in [6, 6.07) is 17.6. The fourth-order valence-corrected chi connectivity index (χ4v) is 5.09. The molecule has 6 nitrogen and oxygen atoms in total. The molecule has 0 atom stereocenters. The number of methoxy groups -OCH3 is 1. The molecule has 4 aromatic rings. The van der Waals surface area contributed by atoms with E-state index in [-0.39, 0.29) is 11.9 Å². The van der Waals surface area contributed by atoms with Crippen molar-refractivity contribution in [1.29, 1.82) is 0 Å². The molecule has 0 saturated carbocycles. The highest BCUT2D eigenvalue weighted by Crippen LogP contribution is 2.38. The van der Waals surface area contributed by atoms with Gasteiger partial charge >= 0.3 is 0 Å². The van der Waals surface area contributed by atoms with Crippen LogP contribution in [0.3, 0.4) is 0 Å². The minimum absolute atomic E-state index is 0.00639. The molecular formula is C25H24N4O2S. The Morgan fingerprint density at radius 3 is 2.53 bits per heavy atom. The number of hydrogen-bond acceptors (Lipinski definition) is 6. The number of nitrogens with one attached hydrogen (secondary N) is 1. The number of fused-ring (bicyclic) bond motifs is 1. The Bertz CT molecular complexity index is 1220. The molecule has 162 valence electrons. The van der Waals surface area contributed by atoms with Crippen LogP contribution in [0.15, 0.2) is 66.3 Å². The van der Waals surface area contributed by atoms with Crippen LogP contribution in [-0.4, -0.2) is 42.1 Å². The molecule has 1 saturated heterocycles. The summed E-state index contributed by atoms with van der Waals surface area (Å²) in [6.45, 7) is 1.67. The second-order valence-corrected chi connectivity index (χ2v) is 8.71. The van der Waals surface area contributed by atoms with Gasteiger partial charge in [-0.15, -0.1) is 11.3 Å². The summed E-state index contributed by atoms with van der Waals surface area (Å²) in [5.41, 5.74) is 2.97. The minimum atomic E-state index is -0.00639. The first kappa shape index (κ1) is 20.5. The number of piperidine rings is 1. The molecule has 7 heteroatoms. The molecule has 0 spiro atoms. The van der Waals surface area contributed by atoms with Gasteiger partial charge in [0.15, 0.2) is 0 Å². The monoisotopic (exact) mass is 444 g/mol. The van der Waals surface area contributed by atoms with Crippen LogP contribution in [0.25, 0.3) is 21.3 Å². The molecule has 1 amide bonds. The van der Waals surface area contributed by atoms with E-state index >= 15 is 0 Å². The van der Waals surface area contributed by atoms with Gasteiger partial charge in [0.05, 0.1) is 12.5 Å². The zero-order valence-corrected chi connectivity index (χ0v) is 18.6. The molecule has 2 aromatic heterocycles. The Morgan fingerprint density at radius 2 is 1.81 bits per heavy atom. The predicted octanol–water partition coefficient (Wildman–Crippen LogP) is 4.77. The molecular weight excluding hydrogens is 420 g/mol. The van der Waals surface area contributed by atoms with Crippen LogP contribution in [0.5, 0.6) is 5.75 Å². The number of carbonyl (C=O) groups is 1.